The van der Waals surface area contributed by atoms with Crippen molar-refractivity contribution >= 4 is 0 Å². The zero-order chi connectivity index (χ0) is 11.3. The van der Waals surface area contributed by atoms with Crippen molar-refractivity contribution in [3.63, 3.8) is 0 Å². The number of hydrogen-bond donors (Lipinski definition) is 1. The molecule has 0 heterocycles. The Bertz CT molecular complexity index is 298. The summed E-state index contributed by atoms with van der Waals surface area (Å²) in [6, 6.07) is 7.00. The van der Waals surface area contributed by atoms with E-state index in [1.807, 2.05) is 6.07 Å². The summed E-state index contributed by atoms with van der Waals surface area (Å²) < 4.78 is 13.0. The fourth-order valence-electron chi connectivity index (χ4n) is 1.42. The van der Waals surface area contributed by atoms with Gasteiger partial charge in [0.05, 0.1) is 0 Å². The minimum atomic E-state index is -0.162. The lowest BCUT2D eigenvalue weighted by Gasteiger charge is -2.17. The van der Waals surface area contributed by atoms with Gasteiger partial charge in [-0.15, -0.1) is 0 Å². The first-order valence-corrected chi connectivity index (χ1v) is 5.62. The Labute approximate surface area is 91.7 Å². The van der Waals surface area contributed by atoms with Crippen LogP contribution in [0, 0.1) is 11.7 Å². The molecule has 0 aliphatic rings. The molecule has 2 atom stereocenters. The lowest BCUT2D eigenvalue weighted by Crippen LogP contribution is -2.24. The van der Waals surface area contributed by atoms with E-state index in [0.29, 0.717) is 5.92 Å². The van der Waals surface area contributed by atoms with Crippen LogP contribution >= 0.6 is 0 Å². The first-order valence-electron chi connectivity index (χ1n) is 5.62. The molecule has 84 valence electrons. The quantitative estimate of drug-likeness (QED) is 0.782. The highest BCUT2D eigenvalue weighted by Crippen LogP contribution is 2.13. The van der Waals surface area contributed by atoms with Crippen LogP contribution in [-0.4, -0.2) is 6.54 Å². The maximum Gasteiger partial charge on any atom is 0.123 e. The van der Waals surface area contributed by atoms with Gasteiger partial charge in [-0.25, -0.2) is 4.39 Å². The van der Waals surface area contributed by atoms with E-state index in [9.17, 15) is 4.39 Å². The van der Waals surface area contributed by atoms with Gasteiger partial charge in [0.1, 0.15) is 5.82 Å². The zero-order valence-electron chi connectivity index (χ0n) is 9.76. The van der Waals surface area contributed by atoms with Crippen molar-refractivity contribution in [2.75, 3.05) is 6.54 Å². The van der Waals surface area contributed by atoms with Gasteiger partial charge in [0.2, 0.25) is 0 Å². The fraction of sp³-hybridized carbons (Fsp3) is 0.538. The number of benzene rings is 1. The highest BCUT2D eigenvalue weighted by Gasteiger charge is 2.06. The molecule has 15 heavy (non-hydrogen) atoms. The van der Waals surface area contributed by atoms with Crippen LogP contribution in [0.2, 0.25) is 0 Å². The van der Waals surface area contributed by atoms with Crippen molar-refractivity contribution in [2.45, 2.75) is 33.2 Å². The van der Waals surface area contributed by atoms with Crippen LogP contribution < -0.4 is 5.32 Å². The van der Waals surface area contributed by atoms with E-state index in [2.05, 4.69) is 26.1 Å². The monoisotopic (exact) mass is 209 g/mol. The SMILES string of the molecule is CCC(C)CN[C@H](C)c1cccc(F)c1. The minimum Gasteiger partial charge on any atom is -0.310 e. The van der Waals surface area contributed by atoms with Gasteiger partial charge in [-0.05, 0) is 37.1 Å². The van der Waals surface area contributed by atoms with E-state index >= 15 is 0 Å². The Balaban J connectivity index is 2.50. The molecule has 0 saturated carbocycles. The average molecular weight is 209 g/mol. The largest absolute Gasteiger partial charge is 0.310 e. The van der Waals surface area contributed by atoms with Gasteiger partial charge in [-0.3, -0.25) is 0 Å². The molecule has 1 nitrogen and oxygen atoms in total. The zero-order valence-corrected chi connectivity index (χ0v) is 9.76. The summed E-state index contributed by atoms with van der Waals surface area (Å²) in [6.45, 7) is 7.44. The normalized spacial score (nSPS) is 14.9. The molecule has 0 aliphatic heterocycles. The van der Waals surface area contributed by atoms with E-state index in [0.717, 1.165) is 12.1 Å². The Hall–Kier alpha value is -0.890. The van der Waals surface area contributed by atoms with Gasteiger partial charge in [0, 0.05) is 6.04 Å². The van der Waals surface area contributed by atoms with Gasteiger partial charge in [-0.1, -0.05) is 32.4 Å². The van der Waals surface area contributed by atoms with Crippen LogP contribution in [0.15, 0.2) is 24.3 Å². The highest BCUT2D eigenvalue weighted by atomic mass is 19.1. The van der Waals surface area contributed by atoms with Gasteiger partial charge >= 0.3 is 0 Å². The van der Waals surface area contributed by atoms with Crippen LogP contribution in [0.5, 0.6) is 0 Å². The molecule has 0 amide bonds. The van der Waals surface area contributed by atoms with E-state index < -0.39 is 0 Å². The van der Waals surface area contributed by atoms with Crippen LogP contribution in [0.4, 0.5) is 4.39 Å². The number of hydrogen-bond acceptors (Lipinski definition) is 1. The summed E-state index contributed by atoms with van der Waals surface area (Å²) in [4.78, 5) is 0. The first kappa shape index (κ1) is 12.2. The summed E-state index contributed by atoms with van der Waals surface area (Å²) in [6.07, 6.45) is 1.17. The van der Waals surface area contributed by atoms with Crippen molar-refractivity contribution < 1.29 is 4.39 Å². The summed E-state index contributed by atoms with van der Waals surface area (Å²) in [7, 11) is 0. The summed E-state index contributed by atoms with van der Waals surface area (Å²) in [5.74, 6) is 0.505. The second-order valence-electron chi connectivity index (χ2n) is 4.20. The van der Waals surface area contributed by atoms with Crippen molar-refractivity contribution in [3.8, 4) is 0 Å². The van der Waals surface area contributed by atoms with Crippen LogP contribution in [0.3, 0.4) is 0 Å². The predicted octanol–water partition coefficient (Wildman–Crippen LogP) is 3.52. The van der Waals surface area contributed by atoms with E-state index in [1.165, 1.54) is 12.5 Å². The van der Waals surface area contributed by atoms with Gasteiger partial charge < -0.3 is 5.32 Å². The Kier molecular flexibility index (Phi) is 4.76. The van der Waals surface area contributed by atoms with Crippen LogP contribution in [0.25, 0.3) is 0 Å². The van der Waals surface area contributed by atoms with E-state index in [-0.39, 0.29) is 11.9 Å². The van der Waals surface area contributed by atoms with Crippen LogP contribution in [0.1, 0.15) is 38.8 Å². The highest BCUT2D eigenvalue weighted by molar-refractivity contribution is 5.19. The van der Waals surface area contributed by atoms with E-state index in [4.69, 9.17) is 0 Å². The third-order valence-electron chi connectivity index (χ3n) is 2.82. The van der Waals surface area contributed by atoms with Crippen molar-refractivity contribution in [1.82, 2.24) is 5.32 Å². The van der Waals surface area contributed by atoms with Crippen molar-refractivity contribution in [1.29, 1.82) is 0 Å². The molecule has 2 heteroatoms. The van der Waals surface area contributed by atoms with Gasteiger partial charge in [0.15, 0.2) is 0 Å². The molecule has 1 aromatic carbocycles. The fourth-order valence-corrected chi connectivity index (χ4v) is 1.42. The molecule has 0 radical (unpaired) electrons. The van der Waals surface area contributed by atoms with Gasteiger partial charge in [-0.2, -0.15) is 0 Å². The number of rotatable bonds is 5. The molecule has 1 aromatic rings. The molecule has 1 rings (SSSR count). The standard InChI is InChI=1S/C13H20FN/c1-4-10(2)9-15-11(3)12-6-5-7-13(14)8-12/h5-8,10-11,15H,4,9H2,1-3H3/t10?,11-/m1/s1. The smallest absolute Gasteiger partial charge is 0.123 e. The minimum absolute atomic E-state index is 0.162. The molecule has 0 aliphatic carbocycles. The molecule has 0 spiro atoms. The Morgan fingerprint density at radius 3 is 2.67 bits per heavy atom. The van der Waals surface area contributed by atoms with Crippen LogP contribution in [-0.2, 0) is 0 Å². The average Bonchev–Trinajstić information content (AvgIpc) is 2.25. The maximum absolute atomic E-state index is 13.0. The lowest BCUT2D eigenvalue weighted by atomic mass is 10.1. The third kappa shape index (κ3) is 4.00. The number of nitrogens with one attached hydrogen (secondary N) is 1. The maximum atomic E-state index is 13.0. The van der Waals surface area contributed by atoms with E-state index in [1.54, 1.807) is 12.1 Å². The molecule has 0 fully saturated rings. The molecular weight excluding hydrogens is 189 g/mol. The summed E-state index contributed by atoms with van der Waals surface area (Å²) in [5.41, 5.74) is 1.01. The van der Waals surface area contributed by atoms with Gasteiger partial charge in [0.25, 0.3) is 0 Å². The molecule has 0 aromatic heterocycles. The second-order valence-corrected chi connectivity index (χ2v) is 4.20. The molecular formula is C13H20FN. The lowest BCUT2D eigenvalue weighted by molar-refractivity contribution is 0.460. The molecule has 0 bridgehead atoms. The Morgan fingerprint density at radius 2 is 2.07 bits per heavy atom. The third-order valence-corrected chi connectivity index (χ3v) is 2.82. The number of halogens is 1. The second kappa shape index (κ2) is 5.86. The summed E-state index contributed by atoms with van der Waals surface area (Å²) in [5, 5.41) is 3.41. The predicted molar refractivity (Wildman–Crippen MR) is 62.3 cm³/mol. The molecule has 0 saturated heterocycles. The van der Waals surface area contributed by atoms with Crippen molar-refractivity contribution in [2.24, 2.45) is 5.92 Å². The molecule has 1 unspecified atom stereocenters. The topological polar surface area (TPSA) is 12.0 Å². The first-order chi connectivity index (χ1) is 7.13. The molecule has 1 N–H and O–H groups in total. The summed E-state index contributed by atoms with van der Waals surface area (Å²) >= 11 is 0. The van der Waals surface area contributed by atoms with Crippen molar-refractivity contribution in [3.05, 3.63) is 35.6 Å². The Morgan fingerprint density at radius 1 is 1.33 bits per heavy atom.